The summed E-state index contributed by atoms with van der Waals surface area (Å²) >= 11 is 1.94. The maximum Gasteiger partial charge on any atom is 0.124 e. The molecule has 0 saturated carbocycles. The Kier molecular flexibility index (Phi) is 3.51. The highest BCUT2D eigenvalue weighted by atomic mass is 32.2. The molecule has 104 valence electrons. The number of ether oxygens (including phenoxy) is 1. The fourth-order valence-corrected chi connectivity index (χ4v) is 4.09. The monoisotopic (exact) mass is 284 g/mol. The van der Waals surface area contributed by atoms with Crippen LogP contribution in [0.3, 0.4) is 0 Å². The van der Waals surface area contributed by atoms with Crippen LogP contribution in [0.1, 0.15) is 31.6 Å². The molecule has 0 N–H and O–H groups in total. The van der Waals surface area contributed by atoms with Gasteiger partial charge in [-0.1, -0.05) is 43.3 Å². The predicted octanol–water partition coefficient (Wildman–Crippen LogP) is 5.33. The lowest BCUT2D eigenvalue weighted by Gasteiger charge is -2.43. The van der Waals surface area contributed by atoms with E-state index in [2.05, 4.69) is 75.4 Å². The normalized spacial score (nSPS) is 23.8. The molecule has 1 aliphatic heterocycles. The van der Waals surface area contributed by atoms with Crippen molar-refractivity contribution in [2.45, 2.75) is 36.5 Å². The van der Waals surface area contributed by atoms with Crippen LogP contribution in [0.2, 0.25) is 0 Å². The van der Waals surface area contributed by atoms with Crippen LogP contribution >= 0.6 is 11.8 Å². The van der Waals surface area contributed by atoms with Crippen molar-refractivity contribution < 1.29 is 4.74 Å². The van der Waals surface area contributed by atoms with E-state index in [1.807, 2.05) is 11.8 Å². The molecule has 2 aromatic rings. The van der Waals surface area contributed by atoms with Crippen molar-refractivity contribution in [3.8, 4) is 5.75 Å². The van der Waals surface area contributed by atoms with E-state index in [9.17, 15) is 0 Å². The zero-order valence-electron chi connectivity index (χ0n) is 12.2. The second-order valence-electron chi connectivity index (χ2n) is 5.88. The molecule has 20 heavy (non-hydrogen) atoms. The van der Waals surface area contributed by atoms with Crippen LogP contribution in [0.25, 0.3) is 0 Å². The number of hydrogen-bond acceptors (Lipinski definition) is 2. The van der Waals surface area contributed by atoms with E-state index in [-0.39, 0.29) is 5.60 Å². The van der Waals surface area contributed by atoms with E-state index in [1.54, 1.807) is 0 Å². The number of fused-ring (bicyclic) bond motifs is 1. The van der Waals surface area contributed by atoms with Crippen molar-refractivity contribution in [2.24, 2.45) is 5.92 Å². The van der Waals surface area contributed by atoms with Gasteiger partial charge in [0.25, 0.3) is 0 Å². The Morgan fingerprint density at radius 1 is 0.950 bits per heavy atom. The first-order valence-corrected chi connectivity index (χ1v) is 7.95. The van der Waals surface area contributed by atoms with E-state index < -0.39 is 0 Å². The first-order valence-electron chi connectivity index (χ1n) is 7.07. The van der Waals surface area contributed by atoms with Crippen LogP contribution < -0.4 is 4.74 Å². The van der Waals surface area contributed by atoms with Crippen LogP contribution in [-0.2, 0) is 0 Å². The van der Waals surface area contributed by atoms with E-state index in [1.165, 1.54) is 10.5 Å². The molecule has 0 saturated heterocycles. The standard InChI is InChI=1S/C18H20OS/c1-13-17(20-14-9-5-4-6-10-14)15-11-7-8-12-16(15)19-18(13,2)3/h4-13,17H,1-3H3/t13-,17+/m0/s1. The summed E-state index contributed by atoms with van der Waals surface area (Å²) in [4.78, 5) is 1.32. The number of para-hydroxylation sites is 1. The van der Waals surface area contributed by atoms with Crippen molar-refractivity contribution in [3.05, 3.63) is 60.2 Å². The van der Waals surface area contributed by atoms with Crippen molar-refractivity contribution >= 4 is 11.8 Å². The molecule has 0 aromatic heterocycles. The molecular weight excluding hydrogens is 264 g/mol. The highest BCUT2D eigenvalue weighted by Gasteiger charge is 2.41. The lowest BCUT2D eigenvalue weighted by atomic mass is 9.83. The van der Waals surface area contributed by atoms with Gasteiger partial charge in [0.2, 0.25) is 0 Å². The van der Waals surface area contributed by atoms with Gasteiger partial charge in [-0.2, -0.15) is 0 Å². The third kappa shape index (κ3) is 2.45. The summed E-state index contributed by atoms with van der Waals surface area (Å²) < 4.78 is 6.19. The van der Waals surface area contributed by atoms with Crippen LogP contribution in [0.4, 0.5) is 0 Å². The van der Waals surface area contributed by atoms with Gasteiger partial charge in [-0.15, -0.1) is 11.8 Å². The molecule has 0 amide bonds. The van der Waals surface area contributed by atoms with Crippen molar-refractivity contribution in [2.75, 3.05) is 0 Å². The Morgan fingerprint density at radius 3 is 2.35 bits per heavy atom. The molecule has 0 bridgehead atoms. The van der Waals surface area contributed by atoms with Crippen LogP contribution in [-0.4, -0.2) is 5.60 Å². The zero-order chi connectivity index (χ0) is 14.2. The third-order valence-corrected chi connectivity index (χ3v) is 5.62. The van der Waals surface area contributed by atoms with Crippen molar-refractivity contribution in [1.82, 2.24) is 0 Å². The minimum Gasteiger partial charge on any atom is -0.487 e. The van der Waals surface area contributed by atoms with Gasteiger partial charge in [0.05, 0.1) is 0 Å². The molecule has 2 heteroatoms. The molecule has 1 aliphatic rings. The molecule has 1 nitrogen and oxygen atoms in total. The molecule has 0 unspecified atom stereocenters. The lowest BCUT2D eigenvalue weighted by Crippen LogP contribution is -2.42. The summed E-state index contributed by atoms with van der Waals surface area (Å²) in [7, 11) is 0. The first kappa shape index (κ1) is 13.6. The van der Waals surface area contributed by atoms with E-state index in [0.29, 0.717) is 11.2 Å². The van der Waals surface area contributed by atoms with Crippen molar-refractivity contribution in [3.63, 3.8) is 0 Å². The zero-order valence-corrected chi connectivity index (χ0v) is 13.0. The largest absolute Gasteiger partial charge is 0.487 e. The molecule has 2 atom stereocenters. The van der Waals surface area contributed by atoms with Gasteiger partial charge in [-0.05, 0) is 32.0 Å². The second kappa shape index (κ2) is 5.17. The van der Waals surface area contributed by atoms with Gasteiger partial charge in [0.1, 0.15) is 11.4 Å². The van der Waals surface area contributed by atoms with E-state index >= 15 is 0 Å². The Balaban J connectivity index is 1.99. The van der Waals surface area contributed by atoms with Gasteiger partial charge in [0.15, 0.2) is 0 Å². The Labute approximate surface area is 125 Å². The lowest BCUT2D eigenvalue weighted by molar-refractivity contribution is 0.0338. The first-order chi connectivity index (χ1) is 9.58. The topological polar surface area (TPSA) is 9.23 Å². The van der Waals surface area contributed by atoms with E-state index in [0.717, 1.165) is 5.75 Å². The Hall–Kier alpha value is -1.41. The molecular formula is C18H20OS. The van der Waals surface area contributed by atoms with Crippen LogP contribution in [0.15, 0.2) is 59.5 Å². The Morgan fingerprint density at radius 2 is 1.60 bits per heavy atom. The van der Waals surface area contributed by atoms with Crippen molar-refractivity contribution in [1.29, 1.82) is 0 Å². The Bertz CT molecular complexity index is 591. The number of benzene rings is 2. The number of thioether (sulfide) groups is 1. The quantitative estimate of drug-likeness (QED) is 0.737. The summed E-state index contributed by atoms with van der Waals surface area (Å²) in [5.41, 5.74) is 1.18. The van der Waals surface area contributed by atoms with E-state index in [4.69, 9.17) is 4.74 Å². The molecule has 0 aliphatic carbocycles. The summed E-state index contributed by atoms with van der Waals surface area (Å²) in [6.45, 7) is 6.66. The minimum absolute atomic E-state index is 0.138. The molecule has 3 rings (SSSR count). The SMILES string of the molecule is C[C@H]1[C@@H](Sc2ccccc2)c2ccccc2OC1(C)C. The molecule has 0 radical (unpaired) electrons. The highest BCUT2D eigenvalue weighted by Crippen LogP contribution is 2.51. The van der Waals surface area contributed by atoms with Crippen LogP contribution in [0.5, 0.6) is 5.75 Å². The summed E-state index contributed by atoms with van der Waals surface area (Å²) in [6, 6.07) is 19.1. The molecule has 2 aromatic carbocycles. The maximum atomic E-state index is 6.19. The third-order valence-electron chi connectivity index (χ3n) is 4.16. The highest BCUT2D eigenvalue weighted by molar-refractivity contribution is 7.99. The van der Waals surface area contributed by atoms with Gasteiger partial charge in [0, 0.05) is 21.6 Å². The maximum absolute atomic E-state index is 6.19. The fraction of sp³-hybridized carbons (Fsp3) is 0.333. The smallest absolute Gasteiger partial charge is 0.124 e. The molecule has 1 heterocycles. The fourth-order valence-electron chi connectivity index (χ4n) is 2.63. The molecule has 0 spiro atoms. The van der Waals surface area contributed by atoms with Crippen LogP contribution in [0, 0.1) is 5.92 Å². The molecule has 0 fully saturated rings. The van der Waals surface area contributed by atoms with Gasteiger partial charge in [-0.3, -0.25) is 0 Å². The summed E-state index contributed by atoms with van der Waals surface area (Å²) in [5, 5.41) is 0.428. The summed E-state index contributed by atoms with van der Waals surface area (Å²) in [6.07, 6.45) is 0. The van der Waals surface area contributed by atoms with Gasteiger partial charge < -0.3 is 4.74 Å². The number of hydrogen-bond donors (Lipinski definition) is 0. The number of rotatable bonds is 2. The summed E-state index contributed by atoms with van der Waals surface area (Å²) in [5.74, 6) is 1.48. The predicted molar refractivity (Wildman–Crippen MR) is 85.4 cm³/mol. The average molecular weight is 284 g/mol. The average Bonchev–Trinajstić information content (AvgIpc) is 2.44. The minimum atomic E-state index is -0.138. The van der Waals surface area contributed by atoms with Gasteiger partial charge >= 0.3 is 0 Å². The van der Waals surface area contributed by atoms with Gasteiger partial charge in [-0.25, -0.2) is 0 Å². The second-order valence-corrected chi connectivity index (χ2v) is 7.10.